The maximum atomic E-state index is 13.5. The summed E-state index contributed by atoms with van der Waals surface area (Å²) in [6, 6.07) is 14.6. The lowest BCUT2D eigenvalue weighted by Crippen LogP contribution is -2.37. The van der Waals surface area contributed by atoms with Crippen LogP contribution in [0.15, 0.2) is 67.0 Å². The third kappa shape index (κ3) is 6.51. The maximum absolute atomic E-state index is 13.5. The Hall–Kier alpha value is -3.00. The van der Waals surface area contributed by atoms with E-state index < -0.39 is 6.04 Å². The standard InChI is InChI=1S/C24H23FN4O2.2ClH/c25-20-6-5-16-9-12-29(15-19(16)13-20)23(30)14-22(26)17-1-3-18(4-2-17)24(31)28-21-7-10-27-11-8-21;;/h1-8,10-11,13,22H,9,12,14-15,26H2,(H,27,28,31);2*1H/t22-;;/m1../s1. The molecule has 0 radical (unpaired) electrons. The summed E-state index contributed by atoms with van der Waals surface area (Å²) in [6.45, 7) is 0.991. The second-order valence-electron chi connectivity index (χ2n) is 7.60. The molecule has 0 saturated heterocycles. The van der Waals surface area contributed by atoms with E-state index in [9.17, 15) is 14.0 Å². The number of halogens is 3. The number of carbonyl (C=O) groups excluding carboxylic acids is 2. The fraction of sp³-hybridized carbons (Fsp3) is 0.208. The molecule has 0 unspecified atom stereocenters. The van der Waals surface area contributed by atoms with Gasteiger partial charge in [0.1, 0.15) is 5.82 Å². The van der Waals surface area contributed by atoms with Crippen LogP contribution in [-0.4, -0.2) is 28.2 Å². The lowest BCUT2D eigenvalue weighted by atomic mass is 9.98. The predicted molar refractivity (Wildman–Crippen MR) is 130 cm³/mol. The van der Waals surface area contributed by atoms with Crippen molar-refractivity contribution in [2.24, 2.45) is 5.73 Å². The number of rotatable bonds is 5. The average Bonchev–Trinajstić information content (AvgIpc) is 2.79. The van der Waals surface area contributed by atoms with Crippen LogP contribution < -0.4 is 11.1 Å². The number of nitrogens with one attached hydrogen (secondary N) is 1. The molecule has 1 aliphatic heterocycles. The Morgan fingerprint density at radius 3 is 2.42 bits per heavy atom. The lowest BCUT2D eigenvalue weighted by molar-refractivity contribution is -0.132. The number of hydrogen-bond donors (Lipinski definition) is 2. The summed E-state index contributed by atoms with van der Waals surface area (Å²) in [5.74, 6) is -0.596. The van der Waals surface area contributed by atoms with Crippen molar-refractivity contribution >= 4 is 42.3 Å². The summed E-state index contributed by atoms with van der Waals surface area (Å²) < 4.78 is 13.5. The van der Waals surface area contributed by atoms with E-state index in [-0.39, 0.29) is 48.9 Å². The minimum atomic E-state index is -0.487. The number of benzene rings is 2. The fourth-order valence-electron chi connectivity index (χ4n) is 3.69. The SMILES string of the molecule is Cl.Cl.N[C@H](CC(=O)N1CCc2ccc(F)cc2C1)c1ccc(C(=O)Nc2ccncc2)cc1. The van der Waals surface area contributed by atoms with Gasteiger partial charge in [0, 0.05) is 49.2 Å². The van der Waals surface area contributed by atoms with Crippen LogP contribution in [0.4, 0.5) is 10.1 Å². The first kappa shape index (κ1) is 26.3. The molecule has 33 heavy (non-hydrogen) atoms. The highest BCUT2D eigenvalue weighted by atomic mass is 35.5. The molecule has 1 atom stereocenters. The molecule has 0 saturated carbocycles. The van der Waals surface area contributed by atoms with E-state index in [2.05, 4.69) is 10.3 Å². The molecule has 3 N–H and O–H groups in total. The van der Waals surface area contributed by atoms with Gasteiger partial charge in [0.25, 0.3) is 5.91 Å². The van der Waals surface area contributed by atoms with Crippen LogP contribution in [-0.2, 0) is 17.8 Å². The Kier molecular flexibility index (Phi) is 9.34. The first-order chi connectivity index (χ1) is 15.0. The summed E-state index contributed by atoms with van der Waals surface area (Å²) in [5, 5.41) is 2.80. The average molecular weight is 491 g/mol. The van der Waals surface area contributed by atoms with Gasteiger partial charge in [-0.15, -0.1) is 24.8 Å². The second-order valence-corrected chi connectivity index (χ2v) is 7.60. The number of aromatic nitrogens is 1. The zero-order valence-corrected chi connectivity index (χ0v) is 19.4. The first-order valence-electron chi connectivity index (χ1n) is 10.1. The van der Waals surface area contributed by atoms with Gasteiger partial charge >= 0.3 is 0 Å². The first-order valence-corrected chi connectivity index (χ1v) is 10.1. The number of nitrogens with zero attached hydrogens (tertiary/aromatic N) is 2. The van der Waals surface area contributed by atoms with Gasteiger partial charge in [0.2, 0.25) is 5.91 Å². The van der Waals surface area contributed by atoms with Crippen LogP contribution in [0, 0.1) is 5.82 Å². The van der Waals surface area contributed by atoms with Crippen LogP contribution in [0.25, 0.3) is 0 Å². The second kappa shape index (κ2) is 11.7. The van der Waals surface area contributed by atoms with Crippen molar-refractivity contribution in [3.05, 3.63) is 95.1 Å². The smallest absolute Gasteiger partial charge is 0.255 e. The summed E-state index contributed by atoms with van der Waals surface area (Å²) in [4.78, 5) is 30.7. The molecular formula is C24H25Cl2FN4O2. The Morgan fingerprint density at radius 1 is 1.03 bits per heavy atom. The van der Waals surface area contributed by atoms with Gasteiger partial charge in [0.15, 0.2) is 0 Å². The molecule has 0 fully saturated rings. The van der Waals surface area contributed by atoms with E-state index in [0.29, 0.717) is 30.8 Å². The Labute approximate surface area is 204 Å². The van der Waals surface area contributed by atoms with Gasteiger partial charge in [-0.25, -0.2) is 4.39 Å². The number of nitrogens with two attached hydrogens (primary N) is 1. The molecule has 0 spiro atoms. The van der Waals surface area contributed by atoms with Crippen molar-refractivity contribution in [2.75, 3.05) is 11.9 Å². The van der Waals surface area contributed by atoms with Gasteiger partial charge in [-0.1, -0.05) is 18.2 Å². The number of pyridine rings is 1. The van der Waals surface area contributed by atoms with E-state index in [4.69, 9.17) is 5.73 Å². The monoisotopic (exact) mass is 490 g/mol. The molecule has 0 bridgehead atoms. The number of fused-ring (bicyclic) bond motifs is 1. The van der Waals surface area contributed by atoms with Crippen molar-refractivity contribution in [2.45, 2.75) is 25.4 Å². The van der Waals surface area contributed by atoms with Crippen molar-refractivity contribution in [1.29, 1.82) is 0 Å². The molecule has 1 aromatic heterocycles. The van der Waals surface area contributed by atoms with Gasteiger partial charge < -0.3 is 16.0 Å². The minimum absolute atomic E-state index is 0. The van der Waals surface area contributed by atoms with Crippen LogP contribution in [0.1, 0.15) is 39.5 Å². The van der Waals surface area contributed by atoms with Crippen LogP contribution in [0.2, 0.25) is 0 Å². The molecule has 9 heteroatoms. The maximum Gasteiger partial charge on any atom is 0.255 e. The fourth-order valence-corrected chi connectivity index (χ4v) is 3.69. The third-order valence-corrected chi connectivity index (χ3v) is 5.47. The van der Waals surface area contributed by atoms with Crippen molar-refractivity contribution in [3.8, 4) is 0 Å². The summed E-state index contributed by atoms with van der Waals surface area (Å²) >= 11 is 0. The zero-order valence-electron chi connectivity index (χ0n) is 17.7. The third-order valence-electron chi connectivity index (χ3n) is 5.47. The molecule has 6 nitrogen and oxygen atoms in total. The zero-order chi connectivity index (χ0) is 21.8. The van der Waals surface area contributed by atoms with E-state index in [0.717, 1.165) is 16.7 Å². The summed E-state index contributed by atoms with van der Waals surface area (Å²) in [5.41, 5.74) is 10.1. The molecule has 1 aliphatic rings. The topological polar surface area (TPSA) is 88.3 Å². The Balaban J connectivity index is 0.00000193. The molecule has 2 aromatic carbocycles. The van der Waals surface area contributed by atoms with Crippen molar-refractivity contribution < 1.29 is 14.0 Å². The van der Waals surface area contributed by atoms with Crippen molar-refractivity contribution in [3.63, 3.8) is 0 Å². The van der Waals surface area contributed by atoms with Gasteiger partial charge in [0.05, 0.1) is 0 Å². The molecule has 0 aliphatic carbocycles. The number of hydrogen-bond acceptors (Lipinski definition) is 4. The highest BCUT2D eigenvalue weighted by molar-refractivity contribution is 6.04. The lowest BCUT2D eigenvalue weighted by Gasteiger charge is -2.30. The largest absolute Gasteiger partial charge is 0.338 e. The van der Waals surface area contributed by atoms with Gasteiger partial charge in [-0.3, -0.25) is 14.6 Å². The van der Waals surface area contributed by atoms with E-state index in [1.807, 2.05) is 0 Å². The molecule has 4 rings (SSSR count). The molecule has 3 aromatic rings. The highest BCUT2D eigenvalue weighted by Crippen LogP contribution is 2.23. The number of carbonyl (C=O) groups is 2. The van der Waals surface area contributed by atoms with E-state index in [1.54, 1.807) is 59.8 Å². The summed E-state index contributed by atoms with van der Waals surface area (Å²) in [6.07, 6.45) is 4.06. The van der Waals surface area contributed by atoms with E-state index >= 15 is 0 Å². The van der Waals surface area contributed by atoms with E-state index in [1.165, 1.54) is 12.1 Å². The predicted octanol–water partition coefficient (Wildman–Crippen LogP) is 4.29. The summed E-state index contributed by atoms with van der Waals surface area (Å²) in [7, 11) is 0. The molecule has 174 valence electrons. The van der Waals surface area contributed by atoms with Crippen LogP contribution >= 0.6 is 24.8 Å². The number of amides is 2. The van der Waals surface area contributed by atoms with Crippen LogP contribution in [0.3, 0.4) is 0 Å². The van der Waals surface area contributed by atoms with Gasteiger partial charge in [-0.2, -0.15) is 0 Å². The molecule has 2 heterocycles. The molecule has 2 amide bonds. The van der Waals surface area contributed by atoms with Gasteiger partial charge in [-0.05, 0) is 59.5 Å². The Morgan fingerprint density at radius 2 is 1.73 bits per heavy atom. The Bertz CT molecular complexity index is 1100. The highest BCUT2D eigenvalue weighted by Gasteiger charge is 2.23. The number of anilines is 1. The molecular weight excluding hydrogens is 466 g/mol. The quantitative estimate of drug-likeness (QED) is 0.558. The normalized spacial score (nSPS) is 13.1. The van der Waals surface area contributed by atoms with Crippen molar-refractivity contribution in [1.82, 2.24) is 9.88 Å². The minimum Gasteiger partial charge on any atom is -0.338 e. The van der Waals surface area contributed by atoms with Crippen LogP contribution in [0.5, 0.6) is 0 Å².